The van der Waals surface area contributed by atoms with Crippen LogP contribution in [0, 0.1) is 17.1 Å². The van der Waals surface area contributed by atoms with Crippen LogP contribution < -0.4 is 4.74 Å². The van der Waals surface area contributed by atoms with Crippen LogP contribution >= 0.6 is 0 Å². The summed E-state index contributed by atoms with van der Waals surface area (Å²) in [5.74, 6) is -0.191. The Bertz CT molecular complexity index is 451. The Morgan fingerprint density at radius 2 is 2.38 bits per heavy atom. The average molecular weight is 221 g/mol. The highest BCUT2D eigenvalue weighted by atomic mass is 19.1. The molecule has 0 bridgehead atoms. The molecule has 1 aliphatic heterocycles. The lowest BCUT2D eigenvalue weighted by atomic mass is 9.95. The quantitative estimate of drug-likeness (QED) is 0.824. The maximum Gasteiger partial charge on any atom is 0.145 e. The number of hydrogen-bond donors (Lipinski definition) is 1. The fourth-order valence-corrected chi connectivity index (χ4v) is 2.02. The zero-order valence-electron chi connectivity index (χ0n) is 8.79. The lowest BCUT2D eigenvalue weighted by Gasteiger charge is -2.21. The van der Waals surface area contributed by atoms with Crippen LogP contribution in [0.2, 0.25) is 0 Å². The molecule has 2 rings (SSSR count). The number of rotatable bonds is 2. The van der Waals surface area contributed by atoms with E-state index in [1.807, 2.05) is 6.07 Å². The second-order valence-electron chi connectivity index (χ2n) is 3.74. The zero-order valence-corrected chi connectivity index (χ0v) is 8.79. The molecule has 1 heterocycles. The van der Waals surface area contributed by atoms with Crippen LogP contribution in [0.1, 0.15) is 23.1 Å². The Balaban J connectivity index is 2.58. The largest absolute Gasteiger partial charge is 0.492 e. The van der Waals surface area contributed by atoms with Gasteiger partial charge in [-0.3, -0.25) is 0 Å². The Hall–Kier alpha value is -1.60. The molecule has 1 aromatic carbocycles. The molecule has 0 aromatic heterocycles. The molecule has 0 radical (unpaired) electrons. The highest BCUT2D eigenvalue weighted by molar-refractivity contribution is 5.53. The molecule has 0 fully saturated rings. The molecule has 16 heavy (non-hydrogen) atoms. The summed E-state index contributed by atoms with van der Waals surface area (Å²) in [6, 6.07) is 3.17. The number of ether oxygens (including phenoxy) is 1. The summed E-state index contributed by atoms with van der Waals surface area (Å²) in [5, 5.41) is 17.8. The van der Waals surface area contributed by atoms with E-state index in [9.17, 15) is 4.39 Å². The third kappa shape index (κ3) is 1.74. The number of nitrogens with zero attached hydrogens (tertiary/aromatic N) is 1. The second kappa shape index (κ2) is 4.50. The first-order chi connectivity index (χ1) is 7.77. The molecule has 1 aromatic rings. The van der Waals surface area contributed by atoms with Crippen LogP contribution in [-0.2, 0) is 12.8 Å². The van der Waals surface area contributed by atoms with Gasteiger partial charge >= 0.3 is 0 Å². The van der Waals surface area contributed by atoms with E-state index in [1.54, 1.807) is 0 Å². The van der Waals surface area contributed by atoms with Crippen LogP contribution in [-0.4, -0.2) is 18.3 Å². The van der Waals surface area contributed by atoms with Crippen LogP contribution in [0.25, 0.3) is 0 Å². The molecule has 0 unspecified atom stereocenters. The molecule has 84 valence electrons. The lowest BCUT2D eigenvalue weighted by molar-refractivity contribution is 0.280. The van der Waals surface area contributed by atoms with E-state index < -0.39 is 5.82 Å². The summed E-state index contributed by atoms with van der Waals surface area (Å²) in [5.41, 5.74) is 1.60. The SMILES string of the molecule is N#Cc1c(F)cc(CCO)c2c1OCCC2. The summed E-state index contributed by atoms with van der Waals surface area (Å²) in [6.45, 7) is 0.488. The van der Waals surface area contributed by atoms with Crippen molar-refractivity contribution in [2.75, 3.05) is 13.2 Å². The molecule has 0 spiro atoms. The Morgan fingerprint density at radius 3 is 3.06 bits per heavy atom. The van der Waals surface area contributed by atoms with E-state index in [2.05, 4.69) is 0 Å². The van der Waals surface area contributed by atoms with Crippen molar-refractivity contribution in [3.05, 3.63) is 28.6 Å². The van der Waals surface area contributed by atoms with E-state index in [1.165, 1.54) is 6.07 Å². The monoisotopic (exact) mass is 221 g/mol. The number of hydrogen-bond acceptors (Lipinski definition) is 3. The number of aliphatic hydroxyl groups excluding tert-OH is 1. The van der Waals surface area contributed by atoms with Gasteiger partial charge in [0.2, 0.25) is 0 Å². The van der Waals surface area contributed by atoms with Gasteiger partial charge in [0.15, 0.2) is 0 Å². The van der Waals surface area contributed by atoms with E-state index in [0.29, 0.717) is 18.8 Å². The number of benzene rings is 1. The Morgan fingerprint density at radius 1 is 1.56 bits per heavy atom. The molecule has 3 nitrogen and oxygen atoms in total. The number of aliphatic hydroxyl groups is 1. The summed E-state index contributed by atoms with van der Waals surface area (Å²) in [6.07, 6.45) is 2.04. The predicted octanol–water partition coefficient (Wildman–Crippen LogP) is 1.56. The molecule has 0 aliphatic carbocycles. The van der Waals surface area contributed by atoms with Crippen LogP contribution in [0.3, 0.4) is 0 Å². The standard InChI is InChI=1S/C12H12FNO2/c13-11-6-8(3-4-15)9-2-1-5-16-12(9)10(11)7-14/h6,15H,1-5H2. The number of nitriles is 1. The maximum absolute atomic E-state index is 13.6. The minimum absolute atomic E-state index is 0.0172. The fraction of sp³-hybridized carbons (Fsp3) is 0.417. The van der Waals surface area contributed by atoms with Crippen molar-refractivity contribution in [3.63, 3.8) is 0 Å². The average Bonchev–Trinajstić information content (AvgIpc) is 2.30. The first-order valence-corrected chi connectivity index (χ1v) is 5.26. The van der Waals surface area contributed by atoms with Gasteiger partial charge in [0.1, 0.15) is 23.2 Å². The van der Waals surface area contributed by atoms with Crippen molar-refractivity contribution in [2.24, 2.45) is 0 Å². The van der Waals surface area contributed by atoms with E-state index in [4.69, 9.17) is 15.1 Å². The van der Waals surface area contributed by atoms with Crippen molar-refractivity contribution in [3.8, 4) is 11.8 Å². The molecule has 0 saturated carbocycles. The summed E-state index contributed by atoms with van der Waals surface area (Å²) < 4.78 is 18.9. The molecule has 0 amide bonds. The third-order valence-electron chi connectivity index (χ3n) is 2.74. The van der Waals surface area contributed by atoms with Gasteiger partial charge in [0, 0.05) is 6.61 Å². The minimum atomic E-state index is -0.563. The lowest BCUT2D eigenvalue weighted by Crippen LogP contribution is -2.14. The topological polar surface area (TPSA) is 53.2 Å². The molecule has 1 aliphatic rings. The van der Waals surface area contributed by atoms with E-state index >= 15 is 0 Å². The normalized spacial score (nSPS) is 13.8. The smallest absolute Gasteiger partial charge is 0.145 e. The summed E-state index contributed by atoms with van der Waals surface area (Å²) in [7, 11) is 0. The van der Waals surface area contributed by atoms with Gasteiger partial charge in [-0.15, -0.1) is 0 Å². The highest BCUT2D eigenvalue weighted by Gasteiger charge is 2.21. The van der Waals surface area contributed by atoms with Gasteiger partial charge in [-0.2, -0.15) is 5.26 Å². The fourth-order valence-electron chi connectivity index (χ4n) is 2.02. The highest BCUT2D eigenvalue weighted by Crippen LogP contribution is 2.33. The second-order valence-corrected chi connectivity index (χ2v) is 3.74. The van der Waals surface area contributed by atoms with Gasteiger partial charge in [-0.25, -0.2) is 4.39 Å². The molecule has 4 heteroatoms. The Labute approximate surface area is 93.1 Å². The first kappa shape index (κ1) is 10.9. The van der Waals surface area contributed by atoms with Gasteiger partial charge in [0.05, 0.1) is 6.61 Å². The van der Waals surface area contributed by atoms with Crippen molar-refractivity contribution in [1.29, 1.82) is 5.26 Å². The summed E-state index contributed by atoms with van der Waals surface area (Å²) in [4.78, 5) is 0. The first-order valence-electron chi connectivity index (χ1n) is 5.26. The van der Waals surface area contributed by atoms with Crippen molar-refractivity contribution in [2.45, 2.75) is 19.3 Å². The Kier molecular flexibility index (Phi) is 3.07. The van der Waals surface area contributed by atoms with Crippen LogP contribution in [0.15, 0.2) is 6.07 Å². The van der Waals surface area contributed by atoms with Gasteiger partial charge < -0.3 is 9.84 Å². The van der Waals surface area contributed by atoms with Crippen LogP contribution in [0.5, 0.6) is 5.75 Å². The van der Waals surface area contributed by atoms with Gasteiger partial charge in [-0.05, 0) is 36.5 Å². The molecule has 0 atom stereocenters. The predicted molar refractivity (Wildman–Crippen MR) is 55.7 cm³/mol. The minimum Gasteiger partial charge on any atom is -0.492 e. The molecular weight excluding hydrogens is 209 g/mol. The maximum atomic E-state index is 13.6. The number of halogens is 1. The summed E-state index contributed by atoms with van der Waals surface area (Å²) >= 11 is 0. The van der Waals surface area contributed by atoms with E-state index in [0.717, 1.165) is 24.0 Å². The van der Waals surface area contributed by atoms with E-state index in [-0.39, 0.29) is 12.2 Å². The molecule has 0 saturated heterocycles. The zero-order chi connectivity index (χ0) is 11.5. The number of fused-ring (bicyclic) bond motifs is 1. The third-order valence-corrected chi connectivity index (χ3v) is 2.74. The van der Waals surface area contributed by atoms with Crippen molar-refractivity contribution in [1.82, 2.24) is 0 Å². The van der Waals surface area contributed by atoms with Gasteiger partial charge in [0.25, 0.3) is 0 Å². The molecule has 1 N–H and O–H groups in total. The van der Waals surface area contributed by atoms with Gasteiger partial charge in [-0.1, -0.05) is 0 Å². The molecular formula is C12H12FNO2. The van der Waals surface area contributed by atoms with Crippen LogP contribution in [0.4, 0.5) is 4.39 Å². The van der Waals surface area contributed by atoms with Crippen molar-refractivity contribution >= 4 is 0 Å². The van der Waals surface area contributed by atoms with Crippen molar-refractivity contribution < 1.29 is 14.2 Å².